The van der Waals surface area contributed by atoms with Crippen molar-refractivity contribution in [2.45, 2.75) is 32.9 Å². The second kappa shape index (κ2) is 5.29. The van der Waals surface area contributed by atoms with Crippen molar-refractivity contribution in [3.8, 4) is 0 Å². The van der Waals surface area contributed by atoms with Crippen LogP contribution in [0.3, 0.4) is 0 Å². The maximum Gasteiger partial charge on any atom is 0.417 e. The number of nitrogens with zero attached hydrogens (tertiary/aromatic N) is 1. The van der Waals surface area contributed by atoms with Gasteiger partial charge < -0.3 is 0 Å². The second-order valence-corrected chi connectivity index (χ2v) is 4.06. The van der Waals surface area contributed by atoms with Gasteiger partial charge >= 0.3 is 6.18 Å². The number of alkyl halides is 3. The summed E-state index contributed by atoms with van der Waals surface area (Å²) in [5, 5.41) is 0. The third-order valence-electron chi connectivity index (χ3n) is 2.66. The van der Waals surface area contributed by atoms with Crippen LogP contribution in [0.4, 0.5) is 13.2 Å². The zero-order valence-corrected chi connectivity index (χ0v) is 9.71. The summed E-state index contributed by atoms with van der Waals surface area (Å²) in [6.07, 6.45) is -1.60. The maximum absolute atomic E-state index is 12.6. The Labute approximate surface area is 97.9 Å². The van der Waals surface area contributed by atoms with Gasteiger partial charge in [-0.2, -0.15) is 13.2 Å². The number of ketones is 1. The predicted octanol–water partition coefficient (Wildman–Crippen LogP) is 3.72. The van der Waals surface area contributed by atoms with E-state index in [4.69, 9.17) is 0 Å². The summed E-state index contributed by atoms with van der Waals surface area (Å²) in [6.45, 7) is 3.73. The van der Waals surface area contributed by atoms with Crippen molar-refractivity contribution in [3.63, 3.8) is 0 Å². The van der Waals surface area contributed by atoms with Gasteiger partial charge in [0, 0.05) is 24.4 Å². The number of hydrogen-bond donors (Lipinski definition) is 0. The molecule has 5 heteroatoms. The van der Waals surface area contributed by atoms with E-state index in [1.54, 1.807) is 0 Å². The molecule has 1 heterocycles. The standard InChI is InChI=1S/C12H14F3NO/c1-3-8(2)6-11(17)9-7-16-5-4-10(9)12(13,14)15/h4-5,7-8H,3,6H2,1-2H3. The fourth-order valence-electron chi connectivity index (χ4n) is 1.43. The van der Waals surface area contributed by atoms with Gasteiger partial charge in [-0.15, -0.1) is 0 Å². The van der Waals surface area contributed by atoms with Crippen molar-refractivity contribution in [2.75, 3.05) is 0 Å². The van der Waals surface area contributed by atoms with Crippen LogP contribution in [-0.4, -0.2) is 10.8 Å². The number of rotatable bonds is 4. The van der Waals surface area contributed by atoms with E-state index in [1.165, 1.54) is 0 Å². The quantitative estimate of drug-likeness (QED) is 0.757. The van der Waals surface area contributed by atoms with Crippen LogP contribution in [0, 0.1) is 5.92 Å². The van der Waals surface area contributed by atoms with E-state index >= 15 is 0 Å². The lowest BCUT2D eigenvalue weighted by molar-refractivity contribution is -0.138. The number of pyridine rings is 1. The molecule has 0 saturated carbocycles. The summed E-state index contributed by atoms with van der Waals surface area (Å²) in [4.78, 5) is 15.3. The Bertz CT molecular complexity index is 401. The van der Waals surface area contributed by atoms with Crippen molar-refractivity contribution in [1.82, 2.24) is 4.98 Å². The van der Waals surface area contributed by atoms with Gasteiger partial charge in [0.1, 0.15) is 0 Å². The molecular weight excluding hydrogens is 231 g/mol. The third kappa shape index (κ3) is 3.54. The van der Waals surface area contributed by atoms with E-state index in [0.717, 1.165) is 24.9 Å². The molecule has 1 aromatic heterocycles. The molecule has 0 aliphatic heterocycles. The van der Waals surface area contributed by atoms with E-state index < -0.39 is 17.5 Å². The van der Waals surface area contributed by atoms with E-state index in [1.807, 2.05) is 13.8 Å². The Morgan fingerprint density at radius 2 is 2.12 bits per heavy atom. The molecule has 1 atom stereocenters. The third-order valence-corrected chi connectivity index (χ3v) is 2.66. The van der Waals surface area contributed by atoms with Gasteiger partial charge in [0.2, 0.25) is 0 Å². The van der Waals surface area contributed by atoms with Crippen LogP contribution in [-0.2, 0) is 6.18 Å². The number of Topliss-reactive ketones (excluding diaryl/α,β-unsaturated/α-hetero) is 1. The van der Waals surface area contributed by atoms with Crippen molar-refractivity contribution < 1.29 is 18.0 Å². The highest BCUT2D eigenvalue weighted by Gasteiger charge is 2.35. The summed E-state index contributed by atoms with van der Waals surface area (Å²) < 4.78 is 37.9. The fraction of sp³-hybridized carbons (Fsp3) is 0.500. The Morgan fingerprint density at radius 3 is 2.65 bits per heavy atom. The molecule has 1 unspecified atom stereocenters. The molecule has 0 saturated heterocycles. The molecule has 0 aliphatic rings. The maximum atomic E-state index is 12.6. The first-order chi connectivity index (χ1) is 7.86. The van der Waals surface area contributed by atoms with Crippen molar-refractivity contribution in [3.05, 3.63) is 29.6 Å². The minimum absolute atomic E-state index is 0.0730. The van der Waals surface area contributed by atoms with Crippen LogP contribution in [0.2, 0.25) is 0 Å². The average Bonchev–Trinajstić information content (AvgIpc) is 2.27. The number of aromatic nitrogens is 1. The molecule has 2 nitrogen and oxygen atoms in total. The minimum atomic E-state index is -4.51. The molecule has 0 N–H and O–H groups in total. The van der Waals surface area contributed by atoms with Crippen LogP contribution in [0.25, 0.3) is 0 Å². The van der Waals surface area contributed by atoms with E-state index in [-0.39, 0.29) is 17.9 Å². The smallest absolute Gasteiger partial charge is 0.294 e. The largest absolute Gasteiger partial charge is 0.417 e. The van der Waals surface area contributed by atoms with Gasteiger partial charge in [0.25, 0.3) is 0 Å². The van der Waals surface area contributed by atoms with Crippen LogP contribution < -0.4 is 0 Å². The van der Waals surface area contributed by atoms with Gasteiger partial charge in [0.15, 0.2) is 5.78 Å². The van der Waals surface area contributed by atoms with Crippen molar-refractivity contribution in [1.29, 1.82) is 0 Å². The Balaban J connectivity index is 3.02. The number of hydrogen-bond acceptors (Lipinski definition) is 2. The zero-order valence-electron chi connectivity index (χ0n) is 9.71. The summed E-state index contributed by atoms with van der Waals surface area (Å²) in [5.74, 6) is -0.427. The van der Waals surface area contributed by atoms with Crippen LogP contribution >= 0.6 is 0 Å². The normalized spacial score (nSPS) is 13.5. The Kier molecular flexibility index (Phi) is 4.26. The summed E-state index contributed by atoms with van der Waals surface area (Å²) in [5.41, 5.74) is -1.24. The first kappa shape index (κ1) is 13.7. The molecule has 0 fully saturated rings. The highest BCUT2D eigenvalue weighted by atomic mass is 19.4. The predicted molar refractivity (Wildman–Crippen MR) is 57.6 cm³/mol. The highest BCUT2D eigenvalue weighted by Crippen LogP contribution is 2.32. The molecule has 17 heavy (non-hydrogen) atoms. The monoisotopic (exact) mass is 245 g/mol. The summed E-state index contributed by atoms with van der Waals surface area (Å²) >= 11 is 0. The molecule has 0 aliphatic carbocycles. The molecule has 0 radical (unpaired) electrons. The number of carbonyl (C=O) groups is 1. The number of halogens is 3. The average molecular weight is 245 g/mol. The minimum Gasteiger partial charge on any atom is -0.294 e. The van der Waals surface area contributed by atoms with Gasteiger partial charge in [-0.1, -0.05) is 20.3 Å². The van der Waals surface area contributed by atoms with Gasteiger partial charge in [-0.3, -0.25) is 9.78 Å². The lowest BCUT2D eigenvalue weighted by Gasteiger charge is -2.12. The van der Waals surface area contributed by atoms with Crippen LogP contribution in [0.5, 0.6) is 0 Å². The van der Waals surface area contributed by atoms with E-state index in [0.29, 0.717) is 0 Å². The molecule has 0 amide bonds. The van der Waals surface area contributed by atoms with Gasteiger partial charge in [-0.05, 0) is 12.0 Å². The lowest BCUT2D eigenvalue weighted by atomic mass is 9.96. The molecule has 0 spiro atoms. The van der Waals surface area contributed by atoms with Crippen LogP contribution in [0.15, 0.2) is 18.5 Å². The zero-order chi connectivity index (χ0) is 13.1. The van der Waals surface area contributed by atoms with Gasteiger partial charge in [0.05, 0.1) is 5.56 Å². The first-order valence-corrected chi connectivity index (χ1v) is 5.40. The molecule has 94 valence electrons. The van der Waals surface area contributed by atoms with Crippen LogP contribution in [0.1, 0.15) is 42.6 Å². The number of carbonyl (C=O) groups excluding carboxylic acids is 1. The SMILES string of the molecule is CCC(C)CC(=O)c1cnccc1C(F)(F)F. The van der Waals surface area contributed by atoms with E-state index in [2.05, 4.69) is 4.98 Å². The van der Waals surface area contributed by atoms with E-state index in [9.17, 15) is 18.0 Å². The fourth-order valence-corrected chi connectivity index (χ4v) is 1.43. The molecule has 0 bridgehead atoms. The molecular formula is C12H14F3NO. The molecule has 0 aromatic carbocycles. The van der Waals surface area contributed by atoms with Crippen molar-refractivity contribution >= 4 is 5.78 Å². The topological polar surface area (TPSA) is 30.0 Å². The summed E-state index contributed by atoms with van der Waals surface area (Å²) in [7, 11) is 0. The Morgan fingerprint density at radius 1 is 1.47 bits per heavy atom. The van der Waals surface area contributed by atoms with Gasteiger partial charge in [-0.25, -0.2) is 0 Å². The molecule has 1 aromatic rings. The second-order valence-electron chi connectivity index (χ2n) is 4.06. The summed E-state index contributed by atoms with van der Waals surface area (Å²) in [6, 6.07) is 0.837. The Hall–Kier alpha value is -1.39. The molecule has 1 rings (SSSR count). The van der Waals surface area contributed by atoms with Crippen molar-refractivity contribution in [2.24, 2.45) is 5.92 Å². The first-order valence-electron chi connectivity index (χ1n) is 5.40. The highest BCUT2D eigenvalue weighted by molar-refractivity contribution is 5.97. The lowest BCUT2D eigenvalue weighted by Crippen LogP contribution is -2.15.